The second kappa shape index (κ2) is 8.51. The van der Waals surface area contributed by atoms with Crippen molar-refractivity contribution in [3.05, 3.63) is 0 Å². The highest BCUT2D eigenvalue weighted by Crippen LogP contribution is 2.35. The summed E-state index contributed by atoms with van der Waals surface area (Å²) in [5, 5.41) is 0.363. The van der Waals surface area contributed by atoms with Gasteiger partial charge in [0.25, 0.3) is 0 Å². The Morgan fingerprint density at radius 2 is 1.17 bits per heavy atom. The van der Waals surface area contributed by atoms with Gasteiger partial charge in [0.15, 0.2) is 16.6 Å². The zero-order valence-corrected chi connectivity index (χ0v) is 15.9. The van der Waals surface area contributed by atoms with Gasteiger partial charge in [-0.25, -0.2) is 0 Å². The summed E-state index contributed by atoms with van der Waals surface area (Å²) in [5.41, 5.74) is 0.729. The molecule has 0 unspecified atom stereocenters. The summed E-state index contributed by atoms with van der Waals surface area (Å²) >= 11 is 0. The smallest absolute Gasteiger partial charge is 0.191 e. The van der Waals surface area contributed by atoms with Gasteiger partial charge in [0.05, 0.1) is 0 Å². The van der Waals surface area contributed by atoms with Crippen molar-refractivity contribution in [3.8, 4) is 0 Å². The van der Waals surface area contributed by atoms with Crippen LogP contribution < -0.4 is 0 Å². The summed E-state index contributed by atoms with van der Waals surface area (Å²) in [6, 6.07) is 0. The number of hydrogen-bond donors (Lipinski definition) is 0. The minimum Gasteiger partial charge on any atom is -0.420 e. The Balaban J connectivity index is -0.000000238. The van der Waals surface area contributed by atoms with Gasteiger partial charge in [-0.05, 0) is 36.8 Å². The summed E-state index contributed by atoms with van der Waals surface area (Å²) in [5.74, 6) is 0. The van der Waals surface area contributed by atoms with E-state index in [9.17, 15) is 0 Å². The highest BCUT2D eigenvalue weighted by atomic mass is 28.4. The van der Waals surface area contributed by atoms with Crippen molar-refractivity contribution in [2.24, 2.45) is 0 Å². The van der Waals surface area contributed by atoms with Gasteiger partial charge in [0, 0.05) is 14.2 Å². The van der Waals surface area contributed by atoms with E-state index in [0.717, 1.165) is 5.54 Å². The minimum absolute atomic E-state index is 0. The fraction of sp³-hybridized carbons (Fsp3) is 1.00. The number of hydrogen-bond acceptors (Lipinski definition) is 2. The van der Waals surface area contributed by atoms with Gasteiger partial charge in [0.2, 0.25) is 0 Å². The van der Waals surface area contributed by atoms with Crippen molar-refractivity contribution >= 4 is 16.6 Å². The van der Waals surface area contributed by atoms with Crippen molar-refractivity contribution < 1.29 is 8.85 Å². The molecule has 0 atom stereocenters. The van der Waals surface area contributed by atoms with Crippen LogP contribution in [0.2, 0.25) is 36.8 Å². The molecule has 0 aromatic heterocycles. The van der Waals surface area contributed by atoms with Crippen LogP contribution in [-0.4, -0.2) is 30.9 Å². The van der Waals surface area contributed by atoms with Crippen molar-refractivity contribution in [2.45, 2.75) is 78.8 Å². The van der Waals surface area contributed by atoms with Gasteiger partial charge in [-0.2, -0.15) is 0 Å². The van der Waals surface area contributed by atoms with Gasteiger partial charge in [-0.1, -0.05) is 42.0 Å². The molecule has 0 aromatic carbocycles. The Bertz CT molecular complexity index is 206. The molecule has 18 heavy (non-hydrogen) atoms. The first-order chi connectivity index (χ1) is 7.31. The van der Waals surface area contributed by atoms with Crippen LogP contribution in [-0.2, 0) is 8.85 Å². The lowest BCUT2D eigenvalue weighted by atomic mass is 10.2. The molecule has 0 aliphatic rings. The van der Waals surface area contributed by atoms with E-state index in [-0.39, 0.29) is 7.43 Å². The SMILES string of the molecule is C.CO[Si](C)(C)C(C)(C)C.CO[Si](C)(C)C(C)C. The third-order valence-corrected chi connectivity index (χ3v) is 12.7. The average molecular weight is 295 g/mol. The predicted molar refractivity (Wildman–Crippen MR) is 90.5 cm³/mol. The van der Waals surface area contributed by atoms with Crippen molar-refractivity contribution in [2.75, 3.05) is 14.2 Å². The largest absolute Gasteiger partial charge is 0.420 e. The van der Waals surface area contributed by atoms with Gasteiger partial charge >= 0.3 is 0 Å². The van der Waals surface area contributed by atoms with Crippen LogP contribution in [0.15, 0.2) is 0 Å². The first-order valence-corrected chi connectivity index (χ1v) is 12.3. The van der Waals surface area contributed by atoms with Crippen LogP contribution >= 0.6 is 0 Å². The molecule has 0 radical (unpaired) electrons. The molecule has 0 N–H and O–H groups in total. The van der Waals surface area contributed by atoms with Crippen LogP contribution in [0.3, 0.4) is 0 Å². The van der Waals surface area contributed by atoms with E-state index in [1.54, 1.807) is 0 Å². The standard InChI is InChI=1S/C7H18OSi.C6H16OSi.CH4/c1-7(2,3)9(5,6)8-4;1-6(2)8(4,5)7-3;/h1-6H3;6H,1-5H3;1H4. The van der Waals surface area contributed by atoms with Crippen LogP contribution in [0.5, 0.6) is 0 Å². The molecule has 4 heteroatoms. The zero-order chi connectivity index (χ0) is 14.5. The second-order valence-electron chi connectivity index (χ2n) is 6.93. The molecule has 0 aliphatic carbocycles. The van der Waals surface area contributed by atoms with Gasteiger partial charge < -0.3 is 8.85 Å². The molecule has 114 valence electrons. The quantitative estimate of drug-likeness (QED) is 0.638. The van der Waals surface area contributed by atoms with E-state index in [2.05, 4.69) is 60.8 Å². The molecule has 0 heterocycles. The Kier molecular flexibility index (Phi) is 11.1. The lowest BCUT2D eigenvalue weighted by molar-refractivity contribution is 0.373. The Labute approximate surface area is 119 Å². The first kappa shape index (κ1) is 23.4. The third-order valence-electron chi connectivity index (χ3n) is 4.23. The first-order valence-electron chi connectivity index (χ1n) is 6.42. The van der Waals surface area contributed by atoms with E-state index in [0.29, 0.717) is 5.04 Å². The third kappa shape index (κ3) is 8.45. The summed E-state index contributed by atoms with van der Waals surface area (Å²) in [6.45, 7) is 20.1. The van der Waals surface area contributed by atoms with E-state index >= 15 is 0 Å². The predicted octanol–water partition coefficient (Wildman–Crippen LogP) is 5.52. The molecule has 0 aromatic rings. The molecule has 0 saturated heterocycles. The highest BCUT2D eigenvalue weighted by molar-refractivity contribution is 6.74. The van der Waals surface area contributed by atoms with E-state index < -0.39 is 16.6 Å². The molecule has 2 nitrogen and oxygen atoms in total. The molecule has 0 rings (SSSR count). The van der Waals surface area contributed by atoms with Crippen molar-refractivity contribution in [1.29, 1.82) is 0 Å². The lowest BCUT2D eigenvalue weighted by Crippen LogP contribution is -2.39. The highest BCUT2D eigenvalue weighted by Gasteiger charge is 2.35. The van der Waals surface area contributed by atoms with E-state index in [1.165, 1.54) is 0 Å². The summed E-state index contributed by atoms with van der Waals surface area (Å²) in [7, 11) is 0.995. The normalized spacial score (nSPS) is 12.7. The summed E-state index contributed by atoms with van der Waals surface area (Å²) in [4.78, 5) is 0. The van der Waals surface area contributed by atoms with Crippen LogP contribution in [0.25, 0.3) is 0 Å². The zero-order valence-electron chi connectivity index (χ0n) is 13.9. The van der Waals surface area contributed by atoms with Crippen molar-refractivity contribution in [3.63, 3.8) is 0 Å². The van der Waals surface area contributed by atoms with Crippen LogP contribution in [0.1, 0.15) is 42.0 Å². The molecular weight excluding hydrogens is 256 g/mol. The molecule has 0 aliphatic heterocycles. The Hall–Kier alpha value is 0.354. The van der Waals surface area contributed by atoms with Gasteiger partial charge in [-0.15, -0.1) is 0 Å². The molecule has 0 fully saturated rings. The summed E-state index contributed by atoms with van der Waals surface area (Å²) in [6.07, 6.45) is 0. The summed E-state index contributed by atoms with van der Waals surface area (Å²) < 4.78 is 10.8. The van der Waals surface area contributed by atoms with Gasteiger partial charge in [-0.3, -0.25) is 0 Å². The topological polar surface area (TPSA) is 18.5 Å². The molecular formula is C14H38O2Si2. The molecule has 0 amide bonds. The van der Waals surface area contributed by atoms with Crippen molar-refractivity contribution in [1.82, 2.24) is 0 Å². The van der Waals surface area contributed by atoms with Gasteiger partial charge in [0.1, 0.15) is 0 Å². The maximum Gasteiger partial charge on any atom is 0.191 e. The fourth-order valence-electron chi connectivity index (χ4n) is 0.542. The Morgan fingerprint density at radius 3 is 1.17 bits per heavy atom. The van der Waals surface area contributed by atoms with Crippen LogP contribution in [0.4, 0.5) is 0 Å². The molecule has 0 bridgehead atoms. The van der Waals surface area contributed by atoms with Crippen LogP contribution in [0, 0.1) is 0 Å². The second-order valence-corrected chi connectivity index (χ2v) is 16.6. The Morgan fingerprint density at radius 1 is 0.833 bits per heavy atom. The molecule has 0 spiro atoms. The maximum atomic E-state index is 5.44. The molecule has 0 saturated carbocycles. The number of rotatable bonds is 3. The average Bonchev–Trinajstić information content (AvgIpc) is 2.16. The lowest BCUT2D eigenvalue weighted by Gasteiger charge is -2.34. The van der Waals surface area contributed by atoms with E-state index in [1.807, 2.05) is 14.2 Å². The minimum atomic E-state index is -1.38. The monoisotopic (exact) mass is 294 g/mol. The fourth-order valence-corrected chi connectivity index (χ4v) is 1.63. The van der Waals surface area contributed by atoms with E-state index in [4.69, 9.17) is 8.85 Å². The maximum absolute atomic E-state index is 5.44.